The van der Waals surface area contributed by atoms with Gasteiger partial charge in [-0.2, -0.15) is 0 Å². The predicted octanol–water partition coefficient (Wildman–Crippen LogP) is 3.21. The van der Waals surface area contributed by atoms with Crippen molar-refractivity contribution >= 4 is 0 Å². The fourth-order valence-corrected chi connectivity index (χ4v) is 2.88. The maximum Gasteiger partial charge on any atom is 0.0205 e. The Kier molecular flexibility index (Phi) is 4.79. The van der Waals surface area contributed by atoms with Crippen LogP contribution in [0.2, 0.25) is 0 Å². The molecule has 1 saturated carbocycles. The van der Waals surface area contributed by atoms with Crippen LogP contribution in [0.5, 0.6) is 0 Å². The van der Waals surface area contributed by atoms with E-state index >= 15 is 0 Å². The number of nitrogens with one attached hydrogen (secondary N) is 1. The molecule has 0 unspecified atom stereocenters. The molecule has 0 spiro atoms. The average Bonchev–Trinajstić information content (AvgIpc) is 2.40. The molecule has 1 aliphatic carbocycles. The number of hydrogen-bond donors (Lipinski definition) is 2. The molecule has 0 aliphatic heterocycles. The average molecular weight is 246 g/mol. The highest BCUT2D eigenvalue weighted by molar-refractivity contribution is 5.22. The van der Waals surface area contributed by atoms with Gasteiger partial charge >= 0.3 is 0 Å². The molecular formula is C16H26N2. The lowest BCUT2D eigenvalue weighted by Crippen LogP contribution is -2.33. The van der Waals surface area contributed by atoms with Gasteiger partial charge in [-0.3, -0.25) is 0 Å². The van der Waals surface area contributed by atoms with Crippen LogP contribution in [0.15, 0.2) is 24.3 Å². The van der Waals surface area contributed by atoms with Crippen molar-refractivity contribution in [3.8, 4) is 0 Å². The van der Waals surface area contributed by atoms with Crippen molar-refractivity contribution in [1.29, 1.82) is 0 Å². The van der Waals surface area contributed by atoms with Crippen molar-refractivity contribution in [3.05, 3.63) is 35.4 Å². The summed E-state index contributed by atoms with van der Waals surface area (Å²) >= 11 is 0. The van der Waals surface area contributed by atoms with Gasteiger partial charge in [0.1, 0.15) is 0 Å². The van der Waals surface area contributed by atoms with Crippen molar-refractivity contribution in [3.63, 3.8) is 0 Å². The molecule has 0 heterocycles. The maximum absolute atomic E-state index is 5.60. The SMILES string of the molecule is CC1(CNCc2ccc(CN)cc2)CCCCC1. The van der Waals surface area contributed by atoms with Gasteiger partial charge in [-0.15, -0.1) is 0 Å². The Labute approximate surface area is 111 Å². The molecule has 1 aliphatic rings. The highest BCUT2D eigenvalue weighted by atomic mass is 14.9. The zero-order valence-electron chi connectivity index (χ0n) is 11.5. The summed E-state index contributed by atoms with van der Waals surface area (Å²) in [4.78, 5) is 0. The molecule has 1 aromatic carbocycles. The first kappa shape index (κ1) is 13.6. The Morgan fingerprint density at radius 1 is 1.06 bits per heavy atom. The van der Waals surface area contributed by atoms with E-state index in [1.54, 1.807) is 0 Å². The minimum Gasteiger partial charge on any atom is -0.326 e. The molecule has 2 heteroatoms. The van der Waals surface area contributed by atoms with E-state index in [9.17, 15) is 0 Å². The van der Waals surface area contributed by atoms with Gasteiger partial charge in [-0.05, 0) is 29.4 Å². The topological polar surface area (TPSA) is 38.0 Å². The lowest BCUT2D eigenvalue weighted by atomic mass is 9.76. The third kappa shape index (κ3) is 3.82. The fourth-order valence-electron chi connectivity index (χ4n) is 2.88. The highest BCUT2D eigenvalue weighted by Gasteiger charge is 2.25. The summed E-state index contributed by atoms with van der Waals surface area (Å²) in [5.74, 6) is 0. The molecule has 2 nitrogen and oxygen atoms in total. The minimum atomic E-state index is 0.523. The summed E-state index contributed by atoms with van der Waals surface area (Å²) in [6, 6.07) is 8.61. The molecule has 0 atom stereocenters. The second-order valence-electron chi connectivity index (χ2n) is 6.00. The van der Waals surface area contributed by atoms with E-state index in [1.807, 2.05) is 0 Å². The zero-order valence-corrected chi connectivity index (χ0v) is 11.5. The van der Waals surface area contributed by atoms with Crippen LogP contribution in [0.1, 0.15) is 50.2 Å². The Bertz CT molecular complexity index is 350. The second-order valence-corrected chi connectivity index (χ2v) is 6.00. The van der Waals surface area contributed by atoms with E-state index in [0.29, 0.717) is 12.0 Å². The normalized spacial score (nSPS) is 18.8. The van der Waals surface area contributed by atoms with E-state index in [4.69, 9.17) is 5.73 Å². The monoisotopic (exact) mass is 246 g/mol. The molecule has 18 heavy (non-hydrogen) atoms. The summed E-state index contributed by atoms with van der Waals surface area (Å²) in [6.07, 6.45) is 7.00. The van der Waals surface area contributed by atoms with E-state index in [2.05, 4.69) is 36.5 Å². The molecule has 0 amide bonds. The Morgan fingerprint density at radius 3 is 2.28 bits per heavy atom. The third-order valence-electron chi connectivity index (χ3n) is 4.20. The van der Waals surface area contributed by atoms with E-state index < -0.39 is 0 Å². The lowest BCUT2D eigenvalue weighted by Gasteiger charge is -2.33. The predicted molar refractivity (Wildman–Crippen MR) is 77.2 cm³/mol. The number of rotatable bonds is 5. The van der Waals surface area contributed by atoms with Gasteiger partial charge in [-0.25, -0.2) is 0 Å². The number of nitrogens with two attached hydrogens (primary N) is 1. The first-order valence-electron chi connectivity index (χ1n) is 7.20. The van der Waals surface area contributed by atoms with Gasteiger partial charge < -0.3 is 11.1 Å². The van der Waals surface area contributed by atoms with E-state index in [0.717, 1.165) is 13.1 Å². The van der Waals surface area contributed by atoms with Crippen LogP contribution in [-0.2, 0) is 13.1 Å². The van der Waals surface area contributed by atoms with Crippen LogP contribution >= 0.6 is 0 Å². The molecule has 2 rings (SSSR count). The van der Waals surface area contributed by atoms with Crippen LogP contribution in [0.25, 0.3) is 0 Å². The van der Waals surface area contributed by atoms with Gasteiger partial charge in [0.25, 0.3) is 0 Å². The summed E-state index contributed by atoms with van der Waals surface area (Å²) in [7, 11) is 0. The molecule has 1 fully saturated rings. The van der Waals surface area contributed by atoms with Crippen LogP contribution in [0.4, 0.5) is 0 Å². The number of hydrogen-bond acceptors (Lipinski definition) is 2. The molecule has 1 aromatic rings. The van der Waals surface area contributed by atoms with Gasteiger partial charge in [0.2, 0.25) is 0 Å². The third-order valence-corrected chi connectivity index (χ3v) is 4.20. The molecular weight excluding hydrogens is 220 g/mol. The first-order chi connectivity index (χ1) is 8.72. The Hall–Kier alpha value is -0.860. The summed E-state index contributed by atoms with van der Waals surface area (Å²) in [5.41, 5.74) is 8.68. The highest BCUT2D eigenvalue weighted by Crippen LogP contribution is 2.34. The fraction of sp³-hybridized carbons (Fsp3) is 0.625. The first-order valence-corrected chi connectivity index (χ1v) is 7.20. The van der Waals surface area contributed by atoms with Gasteiger partial charge in [-0.1, -0.05) is 50.5 Å². The standard InChI is InChI=1S/C16H26N2/c1-16(9-3-2-4-10-16)13-18-12-15-7-5-14(11-17)6-8-15/h5-8,18H,2-4,9-13,17H2,1H3. The zero-order chi connectivity index (χ0) is 12.8. The van der Waals surface area contributed by atoms with Crippen LogP contribution in [0, 0.1) is 5.41 Å². The van der Waals surface area contributed by atoms with Gasteiger partial charge in [0.05, 0.1) is 0 Å². The Morgan fingerprint density at radius 2 is 1.67 bits per heavy atom. The molecule has 3 N–H and O–H groups in total. The second kappa shape index (κ2) is 6.35. The lowest BCUT2D eigenvalue weighted by molar-refractivity contribution is 0.207. The Balaban J connectivity index is 1.77. The molecule has 0 bridgehead atoms. The minimum absolute atomic E-state index is 0.523. The van der Waals surface area contributed by atoms with Crippen molar-refractivity contribution in [2.45, 2.75) is 52.1 Å². The summed E-state index contributed by atoms with van der Waals surface area (Å²) in [6.45, 7) is 5.18. The van der Waals surface area contributed by atoms with Crippen molar-refractivity contribution < 1.29 is 0 Å². The van der Waals surface area contributed by atoms with Crippen molar-refractivity contribution in [2.24, 2.45) is 11.1 Å². The number of benzene rings is 1. The van der Waals surface area contributed by atoms with E-state index in [1.165, 1.54) is 43.2 Å². The summed E-state index contributed by atoms with van der Waals surface area (Å²) < 4.78 is 0. The molecule has 0 aromatic heterocycles. The van der Waals surface area contributed by atoms with E-state index in [-0.39, 0.29) is 0 Å². The maximum atomic E-state index is 5.60. The quantitative estimate of drug-likeness (QED) is 0.837. The summed E-state index contributed by atoms with van der Waals surface area (Å²) in [5, 5.41) is 3.62. The van der Waals surface area contributed by atoms with Crippen LogP contribution in [0.3, 0.4) is 0 Å². The van der Waals surface area contributed by atoms with Crippen LogP contribution < -0.4 is 11.1 Å². The largest absolute Gasteiger partial charge is 0.326 e. The molecule has 0 saturated heterocycles. The van der Waals surface area contributed by atoms with Gasteiger partial charge in [0.15, 0.2) is 0 Å². The molecule has 100 valence electrons. The van der Waals surface area contributed by atoms with Crippen molar-refractivity contribution in [2.75, 3.05) is 6.54 Å². The van der Waals surface area contributed by atoms with Crippen LogP contribution in [-0.4, -0.2) is 6.54 Å². The van der Waals surface area contributed by atoms with Crippen molar-refractivity contribution in [1.82, 2.24) is 5.32 Å². The smallest absolute Gasteiger partial charge is 0.0205 e. The van der Waals surface area contributed by atoms with Gasteiger partial charge in [0, 0.05) is 19.6 Å². The molecule has 0 radical (unpaired) electrons.